The van der Waals surface area contributed by atoms with Crippen LogP contribution in [0.5, 0.6) is 0 Å². The Morgan fingerprint density at radius 1 is 1.14 bits per heavy atom. The van der Waals surface area contributed by atoms with Crippen LogP contribution in [0.2, 0.25) is 13.1 Å². The molecular formula is C10H25NO2Si. The summed E-state index contributed by atoms with van der Waals surface area (Å²) in [7, 11) is -0.988. The molecule has 0 atom stereocenters. The molecule has 3 nitrogen and oxygen atoms in total. The van der Waals surface area contributed by atoms with Crippen molar-refractivity contribution in [3.8, 4) is 0 Å². The molecule has 0 aromatic heterocycles. The summed E-state index contributed by atoms with van der Waals surface area (Å²) in [5, 5.41) is 0. The topological polar surface area (TPSA) is 44.5 Å². The van der Waals surface area contributed by atoms with Gasteiger partial charge in [-0.25, -0.2) is 0 Å². The number of hydrogen-bond acceptors (Lipinski definition) is 3. The highest BCUT2D eigenvalue weighted by Gasteiger charge is 2.35. The van der Waals surface area contributed by atoms with Gasteiger partial charge in [0.05, 0.1) is 0 Å². The van der Waals surface area contributed by atoms with Gasteiger partial charge in [-0.3, -0.25) is 0 Å². The number of hydrogen-bond donors (Lipinski definition) is 1. The molecule has 0 fully saturated rings. The second-order valence-corrected chi connectivity index (χ2v) is 6.91. The van der Waals surface area contributed by atoms with Gasteiger partial charge in [0, 0.05) is 13.2 Å². The average Bonchev–Trinajstić information content (AvgIpc) is 2.14. The predicted molar refractivity (Wildman–Crippen MR) is 63.1 cm³/mol. The largest absolute Gasteiger partial charge is 0.354 e. The Bertz CT molecular complexity index is 136. The van der Waals surface area contributed by atoms with Crippen LogP contribution < -0.4 is 5.73 Å². The van der Waals surface area contributed by atoms with Crippen LogP contribution in [0.1, 0.15) is 26.7 Å². The summed E-state index contributed by atoms with van der Waals surface area (Å²) in [4.78, 5) is 0. The maximum absolute atomic E-state index is 5.82. The van der Waals surface area contributed by atoms with Crippen LogP contribution in [0, 0.1) is 0 Å². The minimum absolute atomic E-state index is 0.289. The van der Waals surface area contributed by atoms with E-state index < -0.39 is 8.80 Å². The van der Waals surface area contributed by atoms with Gasteiger partial charge >= 0.3 is 0 Å². The predicted octanol–water partition coefficient (Wildman–Crippen LogP) is 1.52. The first-order valence-electron chi connectivity index (χ1n) is 5.60. The molecule has 0 saturated heterocycles. The Labute approximate surface area is 89.6 Å². The zero-order chi connectivity index (χ0) is 11.0. The molecule has 4 heteroatoms. The fourth-order valence-corrected chi connectivity index (χ4v) is 3.43. The molecule has 0 saturated carbocycles. The van der Waals surface area contributed by atoms with Crippen molar-refractivity contribution in [1.82, 2.24) is 0 Å². The third-order valence-electron chi connectivity index (χ3n) is 2.39. The molecule has 0 aliphatic carbocycles. The molecule has 0 aliphatic rings. The zero-order valence-electron chi connectivity index (χ0n) is 10.0. The lowest BCUT2D eigenvalue weighted by Gasteiger charge is -2.36. The van der Waals surface area contributed by atoms with Gasteiger partial charge in [0.25, 0.3) is 0 Å². The quantitative estimate of drug-likeness (QED) is 0.497. The van der Waals surface area contributed by atoms with E-state index in [0.717, 1.165) is 26.1 Å². The molecule has 14 heavy (non-hydrogen) atoms. The summed E-state index contributed by atoms with van der Waals surface area (Å²) in [5.41, 5.74) is 5.24. The monoisotopic (exact) mass is 219 g/mol. The van der Waals surface area contributed by atoms with Crippen LogP contribution in [-0.2, 0) is 9.47 Å². The first-order valence-corrected chi connectivity index (χ1v) is 8.49. The standard InChI is InChI=1S/C10H25NO2Si/c1-5-12-10(13-6-2,14(3)4)8-7-9-11/h14H,5-9,11H2,1-4H3. The molecule has 0 heterocycles. The first-order chi connectivity index (χ1) is 6.63. The molecule has 2 N–H and O–H groups in total. The fraction of sp³-hybridized carbons (Fsp3) is 1.00. The van der Waals surface area contributed by atoms with E-state index in [1.807, 2.05) is 13.8 Å². The van der Waals surface area contributed by atoms with Crippen LogP contribution in [0.25, 0.3) is 0 Å². The van der Waals surface area contributed by atoms with Crippen molar-refractivity contribution in [1.29, 1.82) is 0 Å². The van der Waals surface area contributed by atoms with Crippen molar-refractivity contribution in [3.05, 3.63) is 0 Å². The van der Waals surface area contributed by atoms with Crippen LogP contribution in [-0.4, -0.2) is 34.0 Å². The third-order valence-corrected chi connectivity index (χ3v) is 4.77. The van der Waals surface area contributed by atoms with Crippen LogP contribution >= 0.6 is 0 Å². The Morgan fingerprint density at radius 3 is 1.93 bits per heavy atom. The van der Waals surface area contributed by atoms with Gasteiger partial charge in [-0.15, -0.1) is 0 Å². The minimum atomic E-state index is -0.988. The number of rotatable bonds is 8. The molecule has 0 bridgehead atoms. The van der Waals surface area contributed by atoms with E-state index >= 15 is 0 Å². The van der Waals surface area contributed by atoms with Gasteiger partial charge in [0.15, 0.2) is 0 Å². The summed E-state index contributed by atoms with van der Waals surface area (Å²) < 4.78 is 11.6. The summed E-state index contributed by atoms with van der Waals surface area (Å²) in [6.07, 6.45) is 1.92. The lowest BCUT2D eigenvalue weighted by molar-refractivity contribution is -0.182. The SMILES string of the molecule is CCOC(CCCN)(OCC)[SiH](C)C. The van der Waals surface area contributed by atoms with E-state index in [2.05, 4.69) is 13.1 Å². The highest BCUT2D eigenvalue weighted by molar-refractivity contribution is 6.58. The summed E-state index contributed by atoms with van der Waals surface area (Å²) in [6, 6.07) is 0. The van der Waals surface area contributed by atoms with Gasteiger partial charge < -0.3 is 15.2 Å². The minimum Gasteiger partial charge on any atom is -0.354 e. The van der Waals surface area contributed by atoms with Crippen molar-refractivity contribution in [3.63, 3.8) is 0 Å². The van der Waals surface area contributed by atoms with E-state index in [0.29, 0.717) is 6.54 Å². The van der Waals surface area contributed by atoms with Crippen molar-refractivity contribution in [2.24, 2.45) is 5.73 Å². The molecule has 86 valence electrons. The normalized spacial score (nSPS) is 12.4. The van der Waals surface area contributed by atoms with E-state index in [-0.39, 0.29) is 5.41 Å². The third kappa shape index (κ3) is 4.08. The van der Waals surface area contributed by atoms with Gasteiger partial charge in [0.1, 0.15) is 14.2 Å². The Kier molecular flexibility index (Phi) is 7.45. The van der Waals surface area contributed by atoms with Crippen LogP contribution in [0.15, 0.2) is 0 Å². The number of nitrogens with two attached hydrogens (primary N) is 1. The van der Waals surface area contributed by atoms with Crippen molar-refractivity contribution in [2.75, 3.05) is 19.8 Å². The van der Waals surface area contributed by atoms with Crippen LogP contribution in [0.3, 0.4) is 0 Å². The molecule has 0 radical (unpaired) electrons. The van der Waals surface area contributed by atoms with Gasteiger partial charge in [0.2, 0.25) is 0 Å². The van der Waals surface area contributed by atoms with Crippen molar-refractivity contribution < 1.29 is 9.47 Å². The summed E-state index contributed by atoms with van der Waals surface area (Å²) >= 11 is 0. The zero-order valence-corrected chi connectivity index (χ0v) is 11.2. The van der Waals surface area contributed by atoms with Crippen molar-refractivity contribution in [2.45, 2.75) is 45.2 Å². The second kappa shape index (κ2) is 7.40. The van der Waals surface area contributed by atoms with E-state index in [4.69, 9.17) is 15.2 Å². The Balaban J connectivity index is 4.38. The van der Waals surface area contributed by atoms with Crippen LogP contribution in [0.4, 0.5) is 0 Å². The molecule has 0 aliphatic heterocycles. The molecule has 0 rings (SSSR count). The molecule has 0 amide bonds. The molecule has 0 aromatic rings. The molecule has 0 aromatic carbocycles. The Hall–Kier alpha value is 0.0969. The van der Waals surface area contributed by atoms with Gasteiger partial charge in [-0.1, -0.05) is 13.1 Å². The smallest absolute Gasteiger partial charge is 0.147 e. The number of ether oxygens (including phenoxy) is 2. The highest BCUT2D eigenvalue weighted by Crippen LogP contribution is 2.23. The second-order valence-electron chi connectivity index (χ2n) is 3.72. The fourth-order valence-electron chi connectivity index (χ4n) is 1.65. The van der Waals surface area contributed by atoms with E-state index in [1.165, 1.54) is 0 Å². The highest BCUT2D eigenvalue weighted by atomic mass is 28.3. The van der Waals surface area contributed by atoms with Gasteiger partial charge in [-0.2, -0.15) is 0 Å². The lowest BCUT2D eigenvalue weighted by atomic mass is 10.3. The molecular weight excluding hydrogens is 194 g/mol. The maximum atomic E-state index is 5.82. The summed E-state index contributed by atoms with van der Waals surface area (Å²) in [6.45, 7) is 10.7. The lowest BCUT2D eigenvalue weighted by Crippen LogP contribution is -2.48. The van der Waals surface area contributed by atoms with Crippen molar-refractivity contribution >= 4 is 8.80 Å². The maximum Gasteiger partial charge on any atom is 0.147 e. The molecule has 0 spiro atoms. The molecule has 0 unspecified atom stereocenters. The Morgan fingerprint density at radius 2 is 1.64 bits per heavy atom. The van der Waals surface area contributed by atoms with E-state index in [1.54, 1.807) is 0 Å². The van der Waals surface area contributed by atoms with E-state index in [9.17, 15) is 0 Å². The summed E-state index contributed by atoms with van der Waals surface area (Å²) in [5.74, 6) is 0. The van der Waals surface area contributed by atoms with Gasteiger partial charge in [-0.05, 0) is 33.2 Å². The average molecular weight is 219 g/mol. The first kappa shape index (κ1) is 14.1.